The maximum Gasteiger partial charge on any atom is 0.0991 e. The van der Waals surface area contributed by atoms with E-state index in [1.54, 1.807) is 6.07 Å². The van der Waals surface area contributed by atoms with Gasteiger partial charge >= 0.3 is 0 Å². The van der Waals surface area contributed by atoms with E-state index in [0.29, 0.717) is 5.56 Å². The lowest BCUT2D eigenvalue weighted by Crippen LogP contribution is -1.72. The van der Waals surface area contributed by atoms with Crippen molar-refractivity contribution in [3.8, 4) is 6.07 Å². The number of rotatable bonds is 0. The molecule has 2 aromatic rings. The Morgan fingerprint density at radius 2 is 2.33 bits per heavy atom. The van der Waals surface area contributed by atoms with Crippen LogP contribution in [-0.4, -0.2) is 4.98 Å². The summed E-state index contributed by atoms with van der Waals surface area (Å²) in [6.07, 6.45) is 0. The van der Waals surface area contributed by atoms with Crippen LogP contribution < -0.4 is 0 Å². The fourth-order valence-electron chi connectivity index (χ4n) is 1.26. The molecule has 0 saturated heterocycles. The third-order valence-corrected chi connectivity index (χ3v) is 1.79. The molecule has 1 aromatic heterocycles. The average molecular weight is 155 g/mol. The first-order chi connectivity index (χ1) is 5.79. The first-order valence-corrected chi connectivity index (χ1v) is 3.71. The summed E-state index contributed by atoms with van der Waals surface area (Å²) < 4.78 is 0. The van der Waals surface area contributed by atoms with Crippen molar-refractivity contribution in [2.45, 2.75) is 6.92 Å². The number of H-pyrrole nitrogens is 1. The minimum atomic E-state index is 0.678. The highest BCUT2D eigenvalue weighted by Crippen LogP contribution is 2.15. The molecule has 0 aliphatic carbocycles. The van der Waals surface area contributed by atoms with Crippen molar-refractivity contribution < 1.29 is 0 Å². The summed E-state index contributed by atoms with van der Waals surface area (Å²) in [5.74, 6) is 0. The van der Waals surface area contributed by atoms with E-state index in [4.69, 9.17) is 5.26 Å². The first kappa shape index (κ1) is 6.93. The smallest absolute Gasteiger partial charge is 0.0991 e. The molecule has 0 bridgehead atoms. The highest BCUT2D eigenvalue weighted by molar-refractivity contribution is 5.81. The molecule has 12 heavy (non-hydrogen) atoms. The van der Waals surface area contributed by atoms with Crippen LogP contribution in [0.25, 0.3) is 10.9 Å². The number of hydrogen-bond acceptors (Lipinski definition) is 1. The van der Waals surface area contributed by atoms with Crippen molar-refractivity contribution >= 4 is 10.9 Å². The largest absolute Gasteiger partial charge is 0.358 e. The zero-order chi connectivity index (χ0) is 8.55. The lowest BCUT2D eigenvalue weighted by Gasteiger charge is -1.88. The van der Waals surface area contributed by atoms with Crippen LogP contribution in [0, 0.1) is 24.3 Å². The van der Waals surface area contributed by atoms with Crippen LogP contribution >= 0.6 is 0 Å². The highest BCUT2D eigenvalue weighted by Gasteiger charge is 1.98. The van der Waals surface area contributed by atoms with Gasteiger partial charge < -0.3 is 4.98 Å². The van der Waals surface area contributed by atoms with Gasteiger partial charge in [0.2, 0.25) is 0 Å². The number of hydrogen-bond donors (Lipinski definition) is 1. The molecule has 2 nitrogen and oxygen atoms in total. The number of benzene rings is 1. The Bertz CT molecular complexity index is 460. The Morgan fingerprint density at radius 1 is 1.50 bits per heavy atom. The number of aromatic amines is 1. The summed E-state index contributed by atoms with van der Waals surface area (Å²) in [7, 11) is 0. The van der Waals surface area contributed by atoms with Gasteiger partial charge in [-0.2, -0.15) is 5.26 Å². The topological polar surface area (TPSA) is 39.6 Å². The van der Waals surface area contributed by atoms with Crippen LogP contribution in [-0.2, 0) is 0 Å². The Labute approximate surface area is 70.4 Å². The normalized spacial score (nSPS) is 10.0. The quantitative estimate of drug-likeness (QED) is 0.622. The molecule has 0 unspecified atom stereocenters. The van der Waals surface area contributed by atoms with Gasteiger partial charge in [-0.1, -0.05) is 0 Å². The summed E-state index contributed by atoms with van der Waals surface area (Å²) in [6, 6.07) is 10.8. The van der Waals surface area contributed by atoms with Crippen LogP contribution in [0.15, 0.2) is 18.2 Å². The first-order valence-electron chi connectivity index (χ1n) is 3.71. The number of aromatic nitrogens is 1. The van der Waals surface area contributed by atoms with E-state index in [-0.39, 0.29) is 0 Å². The minimum Gasteiger partial charge on any atom is -0.358 e. The molecule has 0 spiro atoms. The Hall–Kier alpha value is -1.75. The molecule has 1 radical (unpaired) electrons. The van der Waals surface area contributed by atoms with Crippen LogP contribution in [0.4, 0.5) is 0 Å². The maximum atomic E-state index is 8.63. The molecule has 2 heteroatoms. The van der Waals surface area contributed by atoms with E-state index in [1.165, 1.54) is 0 Å². The SMILES string of the molecule is Cc1[c]c2cc(C#N)ccc2[nH]1. The van der Waals surface area contributed by atoms with E-state index >= 15 is 0 Å². The van der Waals surface area contributed by atoms with Gasteiger partial charge in [0.1, 0.15) is 0 Å². The van der Waals surface area contributed by atoms with Crippen LogP contribution in [0.1, 0.15) is 11.3 Å². The summed E-state index contributed by atoms with van der Waals surface area (Å²) in [5, 5.41) is 9.61. The van der Waals surface area contributed by atoms with Gasteiger partial charge in [-0.05, 0) is 25.1 Å². The lowest BCUT2D eigenvalue weighted by molar-refractivity contribution is 1.30. The molecule has 0 saturated carbocycles. The van der Waals surface area contributed by atoms with Gasteiger partial charge in [-0.25, -0.2) is 0 Å². The fourth-order valence-corrected chi connectivity index (χ4v) is 1.26. The van der Waals surface area contributed by atoms with Crippen LogP contribution in [0.3, 0.4) is 0 Å². The monoisotopic (exact) mass is 155 g/mol. The van der Waals surface area contributed by atoms with E-state index in [0.717, 1.165) is 16.6 Å². The predicted molar refractivity (Wildman–Crippen MR) is 46.6 cm³/mol. The van der Waals surface area contributed by atoms with Gasteiger partial charge in [0, 0.05) is 22.7 Å². The molecule has 2 rings (SSSR count). The van der Waals surface area contributed by atoms with Crippen molar-refractivity contribution in [1.82, 2.24) is 4.98 Å². The number of aryl methyl sites for hydroxylation is 1. The zero-order valence-electron chi connectivity index (χ0n) is 6.68. The molecule has 1 heterocycles. The van der Waals surface area contributed by atoms with Crippen molar-refractivity contribution in [2.24, 2.45) is 0 Å². The molecule has 0 amide bonds. The second kappa shape index (κ2) is 2.38. The number of nitrogens with one attached hydrogen (secondary N) is 1. The molecule has 1 N–H and O–H groups in total. The van der Waals surface area contributed by atoms with E-state index < -0.39 is 0 Å². The Morgan fingerprint density at radius 3 is 3.08 bits per heavy atom. The highest BCUT2D eigenvalue weighted by atomic mass is 14.7. The third kappa shape index (κ3) is 0.960. The minimum absolute atomic E-state index is 0.678. The van der Waals surface area contributed by atoms with Crippen molar-refractivity contribution in [3.63, 3.8) is 0 Å². The molecule has 1 aromatic carbocycles. The van der Waals surface area contributed by atoms with Gasteiger partial charge in [0.05, 0.1) is 11.6 Å². The fraction of sp³-hybridized carbons (Fsp3) is 0.100. The second-order valence-electron chi connectivity index (χ2n) is 2.75. The number of fused-ring (bicyclic) bond motifs is 1. The Balaban J connectivity index is 2.77. The van der Waals surface area contributed by atoms with E-state index in [9.17, 15) is 0 Å². The molecular weight excluding hydrogens is 148 g/mol. The summed E-state index contributed by atoms with van der Waals surface area (Å²) in [5.41, 5.74) is 2.71. The van der Waals surface area contributed by atoms with Gasteiger partial charge in [0.25, 0.3) is 0 Å². The van der Waals surface area contributed by atoms with Crippen molar-refractivity contribution in [3.05, 3.63) is 35.5 Å². The summed E-state index contributed by atoms with van der Waals surface area (Å²) in [4.78, 5) is 3.14. The van der Waals surface area contributed by atoms with Gasteiger partial charge in [0.15, 0.2) is 0 Å². The molecule has 0 aliphatic rings. The number of nitrogens with zero attached hydrogens (tertiary/aromatic N) is 1. The average Bonchev–Trinajstić information content (AvgIpc) is 2.43. The van der Waals surface area contributed by atoms with E-state index in [2.05, 4.69) is 17.1 Å². The summed E-state index contributed by atoms with van der Waals surface area (Å²) >= 11 is 0. The second-order valence-corrected chi connectivity index (χ2v) is 2.75. The van der Waals surface area contributed by atoms with E-state index in [1.807, 2.05) is 19.1 Å². The van der Waals surface area contributed by atoms with Gasteiger partial charge in [-0.3, -0.25) is 0 Å². The lowest BCUT2D eigenvalue weighted by atomic mass is 10.2. The molecule has 57 valence electrons. The maximum absolute atomic E-state index is 8.63. The van der Waals surface area contributed by atoms with Gasteiger partial charge in [-0.15, -0.1) is 0 Å². The molecular formula is C10H7N2. The molecule has 0 aliphatic heterocycles. The standard InChI is InChI=1S/C10H7N2/c1-7-4-9-5-8(6-11)2-3-10(9)12-7/h2-3,5,12H,1H3. The van der Waals surface area contributed by atoms with Crippen molar-refractivity contribution in [1.29, 1.82) is 5.26 Å². The number of nitriles is 1. The van der Waals surface area contributed by atoms with Crippen LogP contribution in [0.2, 0.25) is 0 Å². The molecule has 0 atom stereocenters. The predicted octanol–water partition coefficient (Wildman–Crippen LogP) is 2.15. The molecule has 0 fully saturated rings. The van der Waals surface area contributed by atoms with Crippen molar-refractivity contribution in [2.75, 3.05) is 0 Å². The zero-order valence-corrected chi connectivity index (χ0v) is 6.68. The Kier molecular flexibility index (Phi) is 1.38. The third-order valence-electron chi connectivity index (χ3n) is 1.79. The summed E-state index contributed by atoms with van der Waals surface area (Å²) in [6.45, 7) is 1.95. The van der Waals surface area contributed by atoms with Crippen LogP contribution in [0.5, 0.6) is 0 Å².